The van der Waals surface area contributed by atoms with Gasteiger partial charge in [0.05, 0.1) is 6.04 Å². The van der Waals surface area contributed by atoms with Gasteiger partial charge in [-0.3, -0.25) is 9.59 Å². The van der Waals surface area contributed by atoms with Gasteiger partial charge in [-0.25, -0.2) is 0 Å². The molecular formula is C18H19N7O2. The molecule has 3 aromatic rings. The Morgan fingerprint density at radius 3 is 2.78 bits per heavy atom. The maximum atomic E-state index is 12.6. The zero-order valence-electron chi connectivity index (χ0n) is 14.9. The second-order valence-electron chi connectivity index (χ2n) is 7.18. The van der Waals surface area contributed by atoms with E-state index in [4.69, 9.17) is 0 Å². The summed E-state index contributed by atoms with van der Waals surface area (Å²) in [5.41, 5.74) is 0.558. The van der Waals surface area contributed by atoms with Gasteiger partial charge in [0.2, 0.25) is 0 Å². The third kappa shape index (κ3) is 2.66. The minimum atomic E-state index is -0.363. The highest BCUT2D eigenvalue weighted by atomic mass is 16.2. The van der Waals surface area contributed by atoms with E-state index < -0.39 is 0 Å². The summed E-state index contributed by atoms with van der Waals surface area (Å²) in [6.07, 6.45) is 3.81. The second kappa shape index (κ2) is 5.90. The number of carbonyl (C=O) groups excluding carboxylic acids is 1. The number of fused-ring (bicyclic) bond motifs is 1. The lowest BCUT2D eigenvalue weighted by atomic mass is 10.1. The predicted molar refractivity (Wildman–Crippen MR) is 97.9 cm³/mol. The third-order valence-corrected chi connectivity index (χ3v) is 5.32. The molecule has 1 amide bonds. The first-order valence-corrected chi connectivity index (χ1v) is 9.04. The van der Waals surface area contributed by atoms with Gasteiger partial charge in [0, 0.05) is 32.3 Å². The van der Waals surface area contributed by atoms with E-state index in [0.717, 1.165) is 30.1 Å². The topological polar surface area (TPSA) is 99.5 Å². The molecule has 0 atom stereocenters. The first-order chi connectivity index (χ1) is 13.1. The maximum Gasteiger partial charge on any atom is 0.260 e. The molecule has 3 aromatic heterocycles. The number of H-pyrrole nitrogens is 1. The molecule has 0 aromatic carbocycles. The van der Waals surface area contributed by atoms with Gasteiger partial charge in [-0.1, -0.05) is 0 Å². The number of nitrogens with zero attached hydrogens (tertiary/aromatic N) is 6. The minimum Gasteiger partial charge on any atom is -0.351 e. The van der Waals surface area contributed by atoms with Crippen molar-refractivity contribution in [3.05, 3.63) is 52.2 Å². The second-order valence-corrected chi connectivity index (χ2v) is 7.18. The number of aromatic nitrogens is 5. The van der Waals surface area contributed by atoms with E-state index >= 15 is 0 Å². The van der Waals surface area contributed by atoms with Crippen LogP contribution >= 0.6 is 0 Å². The number of amides is 1. The number of carbonyl (C=O) groups is 1. The summed E-state index contributed by atoms with van der Waals surface area (Å²) in [7, 11) is 1.73. The van der Waals surface area contributed by atoms with Crippen LogP contribution in [0.1, 0.15) is 34.9 Å². The number of nitrogens with one attached hydrogen (secondary N) is 1. The number of pyridine rings is 1. The van der Waals surface area contributed by atoms with Gasteiger partial charge in [0.25, 0.3) is 11.5 Å². The minimum absolute atomic E-state index is 0.0402. The van der Waals surface area contributed by atoms with Crippen molar-refractivity contribution in [3.63, 3.8) is 0 Å². The van der Waals surface area contributed by atoms with Crippen molar-refractivity contribution >= 4 is 17.4 Å². The van der Waals surface area contributed by atoms with Crippen molar-refractivity contribution in [2.45, 2.75) is 24.8 Å². The molecule has 4 heterocycles. The fraction of sp³-hybridized carbons (Fsp3) is 0.389. The van der Waals surface area contributed by atoms with Gasteiger partial charge >= 0.3 is 0 Å². The first kappa shape index (κ1) is 16.0. The molecule has 27 heavy (non-hydrogen) atoms. The monoisotopic (exact) mass is 365 g/mol. The average molecular weight is 365 g/mol. The fourth-order valence-electron chi connectivity index (χ4n) is 3.39. The molecule has 2 aliphatic rings. The van der Waals surface area contributed by atoms with Crippen molar-refractivity contribution in [2.75, 3.05) is 25.0 Å². The van der Waals surface area contributed by atoms with Crippen molar-refractivity contribution in [1.82, 2.24) is 29.7 Å². The molecule has 0 radical (unpaired) electrons. The molecule has 0 unspecified atom stereocenters. The Morgan fingerprint density at radius 1 is 1.22 bits per heavy atom. The van der Waals surface area contributed by atoms with Crippen LogP contribution in [0.3, 0.4) is 0 Å². The largest absolute Gasteiger partial charge is 0.351 e. The summed E-state index contributed by atoms with van der Waals surface area (Å²) >= 11 is 0. The molecule has 0 spiro atoms. The molecule has 9 nitrogen and oxygen atoms in total. The van der Waals surface area contributed by atoms with Gasteiger partial charge in [0.1, 0.15) is 11.4 Å². The van der Waals surface area contributed by atoms with Crippen LogP contribution in [0.25, 0.3) is 5.65 Å². The van der Waals surface area contributed by atoms with E-state index in [-0.39, 0.29) is 23.1 Å². The number of aromatic amines is 1. The summed E-state index contributed by atoms with van der Waals surface area (Å²) in [6, 6.07) is 7.10. The Balaban J connectivity index is 1.31. The van der Waals surface area contributed by atoms with E-state index in [1.54, 1.807) is 24.1 Å². The van der Waals surface area contributed by atoms with E-state index in [1.807, 2.05) is 16.6 Å². The van der Waals surface area contributed by atoms with E-state index in [2.05, 4.69) is 25.2 Å². The number of hydrogen-bond acceptors (Lipinski definition) is 6. The Bertz CT molecular complexity index is 1080. The highest BCUT2D eigenvalue weighted by Crippen LogP contribution is 2.38. The van der Waals surface area contributed by atoms with Crippen LogP contribution in [0.15, 0.2) is 35.3 Å². The molecule has 1 saturated heterocycles. The van der Waals surface area contributed by atoms with E-state index in [0.29, 0.717) is 19.0 Å². The smallest absolute Gasteiger partial charge is 0.260 e. The quantitative estimate of drug-likeness (QED) is 0.729. The van der Waals surface area contributed by atoms with Crippen LogP contribution < -0.4 is 10.5 Å². The summed E-state index contributed by atoms with van der Waals surface area (Å²) in [6.45, 7) is 1.35. The average Bonchev–Trinajstić information content (AvgIpc) is 3.39. The lowest BCUT2D eigenvalue weighted by Crippen LogP contribution is -2.60. The van der Waals surface area contributed by atoms with Crippen molar-refractivity contribution in [1.29, 1.82) is 0 Å². The van der Waals surface area contributed by atoms with Crippen molar-refractivity contribution in [2.24, 2.45) is 0 Å². The zero-order valence-corrected chi connectivity index (χ0v) is 14.9. The normalized spacial score (nSPS) is 17.1. The van der Waals surface area contributed by atoms with Crippen molar-refractivity contribution < 1.29 is 4.79 Å². The molecule has 1 N–H and O–H groups in total. The molecule has 1 aliphatic carbocycles. The van der Waals surface area contributed by atoms with Gasteiger partial charge in [0.15, 0.2) is 11.5 Å². The highest BCUT2D eigenvalue weighted by molar-refractivity contribution is 5.94. The number of likely N-dealkylation sites (N-methyl/N-ethyl adjacent to an activating group) is 1. The lowest BCUT2D eigenvalue weighted by molar-refractivity contribution is 0.0703. The number of rotatable bonds is 4. The van der Waals surface area contributed by atoms with Crippen LogP contribution in [0.4, 0.5) is 5.82 Å². The molecule has 5 rings (SSSR count). The Labute approximate surface area is 154 Å². The fourth-order valence-corrected chi connectivity index (χ4v) is 3.39. The Kier molecular flexibility index (Phi) is 3.49. The molecule has 9 heteroatoms. The molecule has 138 valence electrons. The van der Waals surface area contributed by atoms with Crippen LogP contribution in [-0.4, -0.2) is 61.8 Å². The van der Waals surface area contributed by atoms with Crippen LogP contribution in [0.5, 0.6) is 0 Å². The summed E-state index contributed by atoms with van der Waals surface area (Å²) in [5, 5.41) is 13.1. The van der Waals surface area contributed by atoms with Crippen LogP contribution in [0.2, 0.25) is 0 Å². The lowest BCUT2D eigenvalue weighted by Gasteiger charge is -2.44. The third-order valence-electron chi connectivity index (χ3n) is 5.32. The van der Waals surface area contributed by atoms with E-state index in [1.165, 1.54) is 6.20 Å². The molecule has 2 fully saturated rings. The standard InChI is InChI=1S/C18H19N7O2/c1-23(18(27)13-3-2-8-19-17(13)26)12-9-24(10-12)15-7-6-14-20-21-16(11-4-5-11)25(14)22-15/h2-3,6-8,11-12H,4-5,9-10H2,1H3,(H,19,26). The van der Waals surface area contributed by atoms with Gasteiger partial charge in [-0.15, -0.1) is 15.3 Å². The molecule has 1 saturated carbocycles. The summed E-state index contributed by atoms with van der Waals surface area (Å²) in [5.74, 6) is 1.98. The molecular weight excluding hydrogens is 346 g/mol. The molecule has 0 bridgehead atoms. The van der Waals surface area contributed by atoms with Crippen LogP contribution in [-0.2, 0) is 0 Å². The summed E-state index contributed by atoms with van der Waals surface area (Å²) in [4.78, 5) is 30.7. The zero-order chi connectivity index (χ0) is 18.5. The first-order valence-electron chi connectivity index (χ1n) is 9.04. The van der Waals surface area contributed by atoms with Gasteiger partial charge < -0.3 is 14.8 Å². The molecule has 1 aliphatic heterocycles. The highest BCUT2D eigenvalue weighted by Gasteiger charge is 2.35. The maximum absolute atomic E-state index is 12.6. The van der Waals surface area contributed by atoms with Crippen LogP contribution in [0, 0.1) is 0 Å². The van der Waals surface area contributed by atoms with Gasteiger partial charge in [-0.05, 0) is 37.1 Å². The Hall–Kier alpha value is -3.23. The number of anilines is 1. The number of hydrogen-bond donors (Lipinski definition) is 1. The summed E-state index contributed by atoms with van der Waals surface area (Å²) < 4.78 is 1.83. The van der Waals surface area contributed by atoms with Gasteiger partial charge in [-0.2, -0.15) is 4.52 Å². The Morgan fingerprint density at radius 2 is 2.04 bits per heavy atom. The SMILES string of the molecule is CN(C(=O)c1ccc[nH]c1=O)C1CN(c2ccc3nnc(C4CC4)n3n2)C1. The van der Waals surface area contributed by atoms with Crippen molar-refractivity contribution in [3.8, 4) is 0 Å². The predicted octanol–water partition coefficient (Wildman–Crippen LogP) is 0.651. The van der Waals surface area contributed by atoms with E-state index in [9.17, 15) is 9.59 Å².